The van der Waals surface area contributed by atoms with Crippen molar-refractivity contribution < 1.29 is 14.3 Å². The lowest BCUT2D eigenvalue weighted by Crippen LogP contribution is -2.27. The Morgan fingerprint density at radius 1 is 0.867 bits per heavy atom. The number of hydrogen-bond acceptors (Lipinski definition) is 5. The third-order valence-corrected chi connectivity index (χ3v) is 4.91. The SMILES string of the molecule is COc1ccc(-c2nn(CC(=O)c3ccccc3)c(=O)c3ccccc23)cc1OC. The zero-order valence-corrected chi connectivity index (χ0v) is 16.7. The minimum absolute atomic E-state index is 0.145. The molecule has 0 aliphatic carbocycles. The van der Waals surface area contributed by atoms with Crippen molar-refractivity contribution in [3.63, 3.8) is 0 Å². The topological polar surface area (TPSA) is 70.4 Å². The molecule has 6 heteroatoms. The lowest BCUT2D eigenvalue weighted by atomic mass is 10.0. The van der Waals surface area contributed by atoms with Crippen molar-refractivity contribution >= 4 is 16.6 Å². The van der Waals surface area contributed by atoms with Gasteiger partial charge in [-0.15, -0.1) is 0 Å². The number of carbonyl (C=O) groups is 1. The Labute approximate surface area is 173 Å². The quantitative estimate of drug-likeness (QED) is 0.458. The second-order valence-electron chi connectivity index (χ2n) is 6.72. The monoisotopic (exact) mass is 400 g/mol. The second kappa shape index (κ2) is 8.21. The predicted molar refractivity (Wildman–Crippen MR) is 115 cm³/mol. The fraction of sp³-hybridized carbons (Fsp3) is 0.125. The van der Waals surface area contributed by atoms with Crippen LogP contribution in [-0.2, 0) is 6.54 Å². The molecular weight excluding hydrogens is 380 g/mol. The fourth-order valence-corrected chi connectivity index (χ4v) is 3.39. The molecule has 0 saturated carbocycles. The van der Waals surface area contributed by atoms with Gasteiger partial charge in [-0.2, -0.15) is 5.10 Å². The number of methoxy groups -OCH3 is 2. The zero-order chi connectivity index (χ0) is 21.1. The molecule has 0 amide bonds. The molecule has 1 aromatic heterocycles. The van der Waals surface area contributed by atoms with Crippen LogP contribution in [-0.4, -0.2) is 29.8 Å². The molecule has 30 heavy (non-hydrogen) atoms. The van der Waals surface area contributed by atoms with Gasteiger partial charge in [-0.25, -0.2) is 4.68 Å². The highest BCUT2D eigenvalue weighted by Crippen LogP contribution is 2.33. The van der Waals surface area contributed by atoms with Crippen LogP contribution in [0.3, 0.4) is 0 Å². The highest BCUT2D eigenvalue weighted by molar-refractivity contribution is 5.97. The summed E-state index contributed by atoms with van der Waals surface area (Å²) in [6, 6.07) is 21.6. The van der Waals surface area contributed by atoms with E-state index in [1.165, 1.54) is 4.68 Å². The van der Waals surface area contributed by atoms with E-state index in [0.717, 1.165) is 5.56 Å². The fourth-order valence-electron chi connectivity index (χ4n) is 3.39. The van der Waals surface area contributed by atoms with E-state index in [-0.39, 0.29) is 17.9 Å². The Morgan fingerprint density at radius 3 is 2.23 bits per heavy atom. The van der Waals surface area contributed by atoms with Gasteiger partial charge < -0.3 is 9.47 Å². The van der Waals surface area contributed by atoms with E-state index in [0.29, 0.717) is 33.5 Å². The molecule has 0 saturated heterocycles. The molecule has 0 bridgehead atoms. The third kappa shape index (κ3) is 3.55. The summed E-state index contributed by atoms with van der Waals surface area (Å²) in [6.07, 6.45) is 0. The first-order chi connectivity index (χ1) is 14.6. The summed E-state index contributed by atoms with van der Waals surface area (Å²) in [6.45, 7) is -0.145. The number of ether oxygens (including phenoxy) is 2. The first-order valence-electron chi connectivity index (χ1n) is 9.43. The highest BCUT2D eigenvalue weighted by atomic mass is 16.5. The van der Waals surface area contributed by atoms with E-state index in [4.69, 9.17) is 9.47 Å². The summed E-state index contributed by atoms with van der Waals surface area (Å²) in [5.74, 6) is 0.968. The molecule has 0 radical (unpaired) electrons. The van der Waals surface area contributed by atoms with Gasteiger partial charge in [0.25, 0.3) is 5.56 Å². The molecule has 0 N–H and O–H groups in total. The van der Waals surface area contributed by atoms with Crippen LogP contribution in [0, 0.1) is 0 Å². The van der Waals surface area contributed by atoms with Crippen molar-refractivity contribution in [1.82, 2.24) is 9.78 Å². The van der Waals surface area contributed by atoms with Gasteiger partial charge >= 0.3 is 0 Å². The standard InChI is InChI=1S/C24H20N2O4/c1-29-21-13-12-17(14-22(21)30-2)23-18-10-6-7-11-19(18)24(28)26(25-23)15-20(27)16-8-4-3-5-9-16/h3-14H,15H2,1-2H3. The van der Waals surface area contributed by atoms with Gasteiger partial charge in [0.2, 0.25) is 0 Å². The Hall–Kier alpha value is -3.93. The van der Waals surface area contributed by atoms with Gasteiger partial charge in [0.05, 0.1) is 25.3 Å². The number of benzene rings is 3. The van der Waals surface area contributed by atoms with Gasteiger partial charge in [0.15, 0.2) is 17.3 Å². The van der Waals surface area contributed by atoms with Crippen molar-refractivity contribution in [3.05, 3.63) is 88.7 Å². The number of ketones is 1. The minimum Gasteiger partial charge on any atom is -0.493 e. The average Bonchev–Trinajstić information content (AvgIpc) is 2.81. The largest absolute Gasteiger partial charge is 0.493 e. The summed E-state index contributed by atoms with van der Waals surface area (Å²) in [5.41, 5.74) is 1.57. The Balaban J connectivity index is 1.87. The molecule has 0 unspecified atom stereocenters. The van der Waals surface area contributed by atoms with Gasteiger partial charge in [-0.1, -0.05) is 48.5 Å². The summed E-state index contributed by atoms with van der Waals surface area (Å²) in [5, 5.41) is 5.76. The summed E-state index contributed by atoms with van der Waals surface area (Å²) < 4.78 is 12.0. The molecule has 0 fully saturated rings. The molecular formula is C24H20N2O4. The molecule has 4 aromatic rings. The summed E-state index contributed by atoms with van der Waals surface area (Å²) in [7, 11) is 3.13. The predicted octanol–water partition coefficient (Wildman–Crippen LogP) is 3.96. The van der Waals surface area contributed by atoms with Crippen LogP contribution in [0.25, 0.3) is 22.0 Å². The number of carbonyl (C=O) groups excluding carboxylic acids is 1. The number of rotatable bonds is 6. The van der Waals surface area contributed by atoms with Crippen molar-refractivity contribution in [2.45, 2.75) is 6.54 Å². The Bertz CT molecular complexity index is 1280. The lowest BCUT2D eigenvalue weighted by molar-refractivity contribution is 0.0966. The van der Waals surface area contributed by atoms with Gasteiger partial charge in [-0.3, -0.25) is 9.59 Å². The van der Waals surface area contributed by atoms with Crippen LogP contribution in [0.15, 0.2) is 77.6 Å². The smallest absolute Gasteiger partial charge is 0.275 e. The van der Waals surface area contributed by atoms with E-state index in [9.17, 15) is 9.59 Å². The summed E-state index contributed by atoms with van der Waals surface area (Å²) >= 11 is 0. The third-order valence-electron chi connectivity index (χ3n) is 4.91. The molecule has 4 rings (SSSR count). The number of nitrogens with zero attached hydrogens (tertiary/aromatic N) is 2. The molecule has 0 spiro atoms. The van der Waals surface area contributed by atoms with Crippen LogP contribution in [0.1, 0.15) is 10.4 Å². The minimum atomic E-state index is -0.306. The number of Topliss-reactive ketones (excluding diaryl/α,β-unsaturated/α-hetero) is 1. The van der Waals surface area contributed by atoms with Gasteiger partial charge in [0, 0.05) is 16.5 Å². The van der Waals surface area contributed by atoms with E-state index in [1.54, 1.807) is 62.8 Å². The maximum Gasteiger partial charge on any atom is 0.275 e. The maximum atomic E-state index is 13.0. The first kappa shape index (κ1) is 19.4. The lowest BCUT2D eigenvalue weighted by Gasteiger charge is -2.13. The van der Waals surface area contributed by atoms with Crippen LogP contribution < -0.4 is 15.0 Å². The van der Waals surface area contributed by atoms with Crippen molar-refractivity contribution in [2.75, 3.05) is 14.2 Å². The normalized spacial score (nSPS) is 10.7. The van der Waals surface area contributed by atoms with E-state index in [1.807, 2.05) is 24.3 Å². The van der Waals surface area contributed by atoms with Crippen molar-refractivity contribution in [2.24, 2.45) is 0 Å². The van der Waals surface area contributed by atoms with Crippen molar-refractivity contribution in [3.8, 4) is 22.8 Å². The molecule has 0 aliphatic heterocycles. The number of hydrogen-bond donors (Lipinski definition) is 0. The summed E-state index contributed by atoms with van der Waals surface area (Å²) in [4.78, 5) is 25.7. The first-order valence-corrected chi connectivity index (χ1v) is 9.43. The van der Waals surface area contributed by atoms with Crippen LogP contribution >= 0.6 is 0 Å². The Morgan fingerprint density at radius 2 is 1.53 bits per heavy atom. The van der Waals surface area contributed by atoms with Gasteiger partial charge in [0.1, 0.15) is 6.54 Å². The van der Waals surface area contributed by atoms with E-state index >= 15 is 0 Å². The number of aromatic nitrogens is 2. The van der Waals surface area contributed by atoms with E-state index < -0.39 is 0 Å². The van der Waals surface area contributed by atoms with Crippen molar-refractivity contribution in [1.29, 1.82) is 0 Å². The van der Waals surface area contributed by atoms with Crippen LogP contribution in [0.2, 0.25) is 0 Å². The van der Waals surface area contributed by atoms with Crippen LogP contribution in [0.5, 0.6) is 11.5 Å². The zero-order valence-electron chi connectivity index (χ0n) is 16.7. The second-order valence-corrected chi connectivity index (χ2v) is 6.72. The van der Waals surface area contributed by atoms with Gasteiger partial charge in [-0.05, 0) is 24.3 Å². The molecule has 0 aliphatic rings. The Kier molecular flexibility index (Phi) is 5.30. The molecule has 0 atom stereocenters. The number of fused-ring (bicyclic) bond motifs is 1. The molecule has 1 heterocycles. The van der Waals surface area contributed by atoms with Crippen LogP contribution in [0.4, 0.5) is 0 Å². The van der Waals surface area contributed by atoms with E-state index in [2.05, 4.69) is 5.10 Å². The molecule has 3 aromatic carbocycles. The average molecular weight is 400 g/mol. The maximum absolute atomic E-state index is 13.0. The molecule has 6 nitrogen and oxygen atoms in total. The highest BCUT2D eigenvalue weighted by Gasteiger charge is 2.16. The molecule has 150 valence electrons.